The quantitative estimate of drug-likeness (QED) is 0.570. The van der Waals surface area contributed by atoms with Crippen LogP contribution in [0.3, 0.4) is 0 Å². The third-order valence-corrected chi connectivity index (χ3v) is 5.69. The summed E-state index contributed by atoms with van der Waals surface area (Å²) in [5.41, 5.74) is 0.903. The SMILES string of the molecule is O=C(NCCCNS(=O)(=O)c1cccc2ccccc12)OCc1ccccc1. The van der Waals surface area contributed by atoms with Gasteiger partial charge in [0, 0.05) is 18.5 Å². The standard InChI is InChI=1S/C21H22N2O4S/c24-21(27-16-17-8-2-1-3-9-17)22-14-7-15-23-28(25,26)20-13-6-11-18-10-4-5-12-19(18)20/h1-6,8-13,23H,7,14-16H2,(H,22,24). The highest BCUT2D eigenvalue weighted by molar-refractivity contribution is 7.89. The first-order valence-electron chi connectivity index (χ1n) is 8.98. The Labute approximate surface area is 164 Å². The number of hydrogen-bond donors (Lipinski definition) is 2. The maximum atomic E-state index is 12.6. The highest BCUT2D eigenvalue weighted by atomic mass is 32.2. The van der Waals surface area contributed by atoms with Gasteiger partial charge in [0.25, 0.3) is 0 Å². The molecule has 0 heterocycles. The Morgan fingerprint density at radius 1 is 0.857 bits per heavy atom. The number of nitrogens with one attached hydrogen (secondary N) is 2. The van der Waals surface area contributed by atoms with Crippen molar-refractivity contribution in [2.45, 2.75) is 17.9 Å². The minimum atomic E-state index is -3.63. The molecule has 6 nitrogen and oxygen atoms in total. The van der Waals surface area contributed by atoms with E-state index in [9.17, 15) is 13.2 Å². The molecule has 0 atom stereocenters. The summed E-state index contributed by atoms with van der Waals surface area (Å²) in [6.07, 6.45) is -0.0782. The fourth-order valence-electron chi connectivity index (χ4n) is 2.77. The van der Waals surface area contributed by atoms with Gasteiger partial charge in [-0.25, -0.2) is 17.9 Å². The molecule has 1 amide bonds. The van der Waals surface area contributed by atoms with Crippen molar-refractivity contribution in [1.82, 2.24) is 10.0 Å². The summed E-state index contributed by atoms with van der Waals surface area (Å²) in [5, 5.41) is 4.16. The second-order valence-corrected chi connectivity index (χ2v) is 7.95. The smallest absolute Gasteiger partial charge is 0.407 e. The third-order valence-electron chi connectivity index (χ3n) is 4.17. The van der Waals surface area contributed by atoms with E-state index >= 15 is 0 Å². The molecular formula is C21H22N2O4S. The highest BCUT2D eigenvalue weighted by Gasteiger charge is 2.16. The first-order chi connectivity index (χ1) is 13.6. The van der Waals surface area contributed by atoms with Gasteiger partial charge in [-0.3, -0.25) is 0 Å². The zero-order chi connectivity index (χ0) is 19.8. The topological polar surface area (TPSA) is 84.5 Å². The number of ether oxygens (including phenoxy) is 1. The predicted molar refractivity (Wildman–Crippen MR) is 108 cm³/mol. The van der Waals surface area contributed by atoms with E-state index in [4.69, 9.17) is 4.74 Å². The van der Waals surface area contributed by atoms with Crippen molar-refractivity contribution >= 4 is 26.9 Å². The molecule has 28 heavy (non-hydrogen) atoms. The molecule has 7 heteroatoms. The second-order valence-electron chi connectivity index (χ2n) is 6.22. The zero-order valence-electron chi connectivity index (χ0n) is 15.3. The molecule has 0 aromatic heterocycles. The van der Waals surface area contributed by atoms with Crippen LogP contribution in [-0.2, 0) is 21.4 Å². The Morgan fingerprint density at radius 2 is 1.57 bits per heavy atom. The molecule has 0 saturated heterocycles. The second kappa shape index (κ2) is 9.34. The summed E-state index contributed by atoms with van der Waals surface area (Å²) < 4.78 is 32.8. The molecule has 3 rings (SSSR count). The van der Waals surface area contributed by atoms with Crippen molar-refractivity contribution in [3.8, 4) is 0 Å². The lowest BCUT2D eigenvalue weighted by molar-refractivity contribution is 0.139. The molecule has 0 spiro atoms. The van der Waals surface area contributed by atoms with E-state index in [1.807, 2.05) is 54.6 Å². The van der Waals surface area contributed by atoms with Crippen LogP contribution in [0.4, 0.5) is 4.79 Å². The fraction of sp³-hybridized carbons (Fsp3) is 0.190. The van der Waals surface area contributed by atoms with Gasteiger partial charge in [-0.05, 0) is 23.4 Å². The van der Waals surface area contributed by atoms with E-state index in [1.54, 1.807) is 18.2 Å². The molecule has 0 bridgehead atoms. The monoisotopic (exact) mass is 398 g/mol. The molecule has 0 aliphatic carbocycles. The van der Waals surface area contributed by atoms with E-state index in [0.717, 1.165) is 10.9 Å². The largest absolute Gasteiger partial charge is 0.445 e. The van der Waals surface area contributed by atoms with Crippen LogP contribution in [0.1, 0.15) is 12.0 Å². The number of hydrogen-bond acceptors (Lipinski definition) is 4. The van der Waals surface area contributed by atoms with Crippen molar-refractivity contribution in [1.29, 1.82) is 0 Å². The molecule has 0 aliphatic heterocycles. The first-order valence-corrected chi connectivity index (χ1v) is 10.5. The van der Waals surface area contributed by atoms with Crippen molar-refractivity contribution < 1.29 is 17.9 Å². The van der Waals surface area contributed by atoms with Gasteiger partial charge in [0.05, 0.1) is 4.90 Å². The normalized spacial score (nSPS) is 11.3. The Morgan fingerprint density at radius 3 is 2.39 bits per heavy atom. The zero-order valence-corrected chi connectivity index (χ0v) is 16.1. The minimum absolute atomic E-state index is 0.195. The van der Waals surface area contributed by atoms with Crippen LogP contribution in [0.15, 0.2) is 77.7 Å². The van der Waals surface area contributed by atoms with E-state index in [0.29, 0.717) is 18.4 Å². The Balaban J connectivity index is 1.43. The lowest BCUT2D eigenvalue weighted by atomic mass is 10.1. The average molecular weight is 398 g/mol. The van der Waals surface area contributed by atoms with Crippen molar-refractivity contribution in [3.05, 3.63) is 78.4 Å². The average Bonchev–Trinajstić information content (AvgIpc) is 2.72. The van der Waals surface area contributed by atoms with Crippen molar-refractivity contribution in [3.63, 3.8) is 0 Å². The summed E-state index contributed by atoms with van der Waals surface area (Å²) in [4.78, 5) is 11.9. The molecule has 3 aromatic rings. The highest BCUT2D eigenvalue weighted by Crippen LogP contribution is 2.22. The summed E-state index contributed by atoms with van der Waals surface area (Å²) in [5.74, 6) is 0. The molecule has 146 valence electrons. The number of rotatable bonds is 8. The Bertz CT molecular complexity index is 1030. The van der Waals surface area contributed by atoms with Crippen LogP contribution in [0.2, 0.25) is 0 Å². The number of carbonyl (C=O) groups is 1. The maximum Gasteiger partial charge on any atom is 0.407 e. The number of amides is 1. The summed E-state index contributed by atoms with van der Waals surface area (Å²) in [7, 11) is -3.63. The summed E-state index contributed by atoms with van der Waals surface area (Å²) in [6, 6.07) is 21.9. The number of sulfonamides is 1. The van der Waals surface area contributed by atoms with E-state index in [-0.39, 0.29) is 18.0 Å². The lowest BCUT2D eigenvalue weighted by Crippen LogP contribution is -2.30. The van der Waals surface area contributed by atoms with Gasteiger partial charge in [0.15, 0.2) is 0 Å². The molecule has 2 N–H and O–H groups in total. The fourth-order valence-corrected chi connectivity index (χ4v) is 4.07. The molecule has 0 unspecified atom stereocenters. The minimum Gasteiger partial charge on any atom is -0.445 e. The van der Waals surface area contributed by atoms with Crippen LogP contribution in [0, 0.1) is 0 Å². The molecule has 0 saturated carbocycles. The van der Waals surface area contributed by atoms with Gasteiger partial charge in [-0.2, -0.15) is 0 Å². The number of carbonyl (C=O) groups excluding carboxylic acids is 1. The van der Waals surface area contributed by atoms with Gasteiger partial charge < -0.3 is 10.1 Å². The van der Waals surface area contributed by atoms with Gasteiger partial charge in [0.1, 0.15) is 6.61 Å². The molecule has 0 fully saturated rings. The van der Waals surface area contributed by atoms with Crippen LogP contribution in [-0.4, -0.2) is 27.6 Å². The molecule has 0 aliphatic rings. The maximum absolute atomic E-state index is 12.6. The van der Waals surface area contributed by atoms with Gasteiger partial charge in [-0.1, -0.05) is 66.7 Å². The first kappa shape index (κ1) is 19.9. The predicted octanol–water partition coefficient (Wildman–Crippen LogP) is 3.43. The van der Waals surface area contributed by atoms with Crippen LogP contribution in [0.5, 0.6) is 0 Å². The summed E-state index contributed by atoms with van der Waals surface area (Å²) >= 11 is 0. The number of fused-ring (bicyclic) bond motifs is 1. The van der Waals surface area contributed by atoms with Crippen LogP contribution >= 0.6 is 0 Å². The molecular weight excluding hydrogens is 376 g/mol. The Kier molecular flexibility index (Phi) is 6.62. The van der Waals surface area contributed by atoms with Gasteiger partial charge in [0.2, 0.25) is 10.0 Å². The number of benzene rings is 3. The van der Waals surface area contributed by atoms with Crippen LogP contribution in [0.25, 0.3) is 10.8 Å². The molecule has 3 aromatic carbocycles. The summed E-state index contributed by atoms with van der Waals surface area (Å²) in [6.45, 7) is 0.719. The van der Waals surface area contributed by atoms with Crippen molar-refractivity contribution in [2.75, 3.05) is 13.1 Å². The van der Waals surface area contributed by atoms with Crippen molar-refractivity contribution in [2.24, 2.45) is 0 Å². The van der Waals surface area contributed by atoms with E-state index in [2.05, 4.69) is 10.0 Å². The number of alkyl carbamates (subject to hydrolysis) is 1. The Hall–Kier alpha value is -2.90. The molecule has 0 radical (unpaired) electrons. The van der Waals surface area contributed by atoms with Gasteiger partial charge in [-0.15, -0.1) is 0 Å². The lowest BCUT2D eigenvalue weighted by Gasteiger charge is -2.10. The third kappa shape index (κ3) is 5.31. The van der Waals surface area contributed by atoms with E-state index in [1.165, 1.54) is 0 Å². The van der Waals surface area contributed by atoms with Gasteiger partial charge >= 0.3 is 6.09 Å². The van der Waals surface area contributed by atoms with Crippen LogP contribution < -0.4 is 10.0 Å². The van der Waals surface area contributed by atoms with E-state index < -0.39 is 16.1 Å².